The Balaban J connectivity index is 2.00. The number of hydrogen-bond acceptors (Lipinski definition) is 3. The van der Waals surface area contributed by atoms with Crippen LogP contribution in [-0.4, -0.2) is 9.55 Å². The number of imidazole rings is 1. The van der Waals surface area contributed by atoms with E-state index in [4.69, 9.17) is 5.26 Å². The zero-order valence-corrected chi connectivity index (χ0v) is 9.74. The van der Waals surface area contributed by atoms with Crippen molar-refractivity contribution in [3.63, 3.8) is 0 Å². The van der Waals surface area contributed by atoms with Gasteiger partial charge in [-0.2, -0.15) is 5.26 Å². The zero-order valence-electron chi connectivity index (χ0n) is 8.92. The summed E-state index contributed by atoms with van der Waals surface area (Å²) >= 11 is 1.69. The molecule has 0 aliphatic carbocycles. The highest BCUT2D eigenvalue weighted by Gasteiger charge is 2.00. The lowest BCUT2D eigenvalue weighted by molar-refractivity contribution is 0.790. The third-order valence-electron chi connectivity index (χ3n) is 2.23. The van der Waals surface area contributed by atoms with E-state index in [9.17, 15) is 0 Å². The summed E-state index contributed by atoms with van der Waals surface area (Å²) in [5.41, 5.74) is 1.90. The number of benzene rings is 1. The lowest BCUT2D eigenvalue weighted by atomic mass is 10.2. The number of hydrogen-bond donors (Lipinski definition) is 0. The number of rotatable bonds is 3. The molecular formula is C12H11N3S. The summed E-state index contributed by atoms with van der Waals surface area (Å²) in [4.78, 5) is 4.24. The van der Waals surface area contributed by atoms with Crippen LogP contribution < -0.4 is 0 Å². The number of thioether (sulfide) groups is 1. The molecule has 1 heterocycles. The number of nitrogens with zero attached hydrogens (tertiary/aromatic N) is 3. The van der Waals surface area contributed by atoms with E-state index in [0.29, 0.717) is 5.56 Å². The first-order chi connectivity index (χ1) is 7.79. The van der Waals surface area contributed by atoms with Gasteiger partial charge in [-0.05, 0) is 17.7 Å². The fraction of sp³-hybridized carbons (Fsp3) is 0.167. The minimum absolute atomic E-state index is 0.700. The normalized spacial score (nSPS) is 10.0. The van der Waals surface area contributed by atoms with Crippen LogP contribution in [0.3, 0.4) is 0 Å². The molecule has 1 aromatic carbocycles. The first-order valence-electron chi connectivity index (χ1n) is 4.89. The highest BCUT2D eigenvalue weighted by atomic mass is 32.2. The first kappa shape index (κ1) is 10.8. The van der Waals surface area contributed by atoms with Crippen LogP contribution in [0.5, 0.6) is 0 Å². The SMILES string of the molecule is Cn1ccnc1SCc1ccc(C#N)cc1. The van der Waals surface area contributed by atoms with Crippen molar-refractivity contribution in [1.82, 2.24) is 9.55 Å². The van der Waals surface area contributed by atoms with Gasteiger partial charge in [-0.1, -0.05) is 23.9 Å². The fourth-order valence-electron chi connectivity index (χ4n) is 1.31. The van der Waals surface area contributed by atoms with Gasteiger partial charge in [0, 0.05) is 25.2 Å². The van der Waals surface area contributed by atoms with E-state index in [1.165, 1.54) is 5.56 Å². The summed E-state index contributed by atoms with van der Waals surface area (Å²) in [6, 6.07) is 9.75. The minimum Gasteiger partial charge on any atom is -0.329 e. The molecule has 80 valence electrons. The maximum Gasteiger partial charge on any atom is 0.167 e. The smallest absolute Gasteiger partial charge is 0.167 e. The maximum atomic E-state index is 8.68. The molecule has 0 atom stereocenters. The molecule has 1 aromatic heterocycles. The standard InChI is InChI=1S/C12H11N3S/c1-15-7-6-14-12(15)16-9-11-4-2-10(8-13)3-5-11/h2-7H,9H2,1H3. The summed E-state index contributed by atoms with van der Waals surface area (Å²) in [7, 11) is 1.98. The van der Waals surface area contributed by atoms with E-state index < -0.39 is 0 Å². The number of nitriles is 1. The predicted molar refractivity (Wildman–Crippen MR) is 63.9 cm³/mol. The van der Waals surface area contributed by atoms with Gasteiger partial charge in [-0.15, -0.1) is 0 Å². The summed E-state index contributed by atoms with van der Waals surface area (Å²) in [5.74, 6) is 0.872. The second kappa shape index (κ2) is 4.86. The zero-order chi connectivity index (χ0) is 11.4. The average Bonchev–Trinajstić information content (AvgIpc) is 2.73. The Kier molecular flexibility index (Phi) is 3.28. The monoisotopic (exact) mass is 229 g/mol. The van der Waals surface area contributed by atoms with Crippen molar-refractivity contribution in [3.8, 4) is 6.07 Å². The molecule has 4 heteroatoms. The summed E-state index contributed by atoms with van der Waals surface area (Å²) in [5, 5.41) is 9.68. The predicted octanol–water partition coefficient (Wildman–Crippen LogP) is 2.58. The quantitative estimate of drug-likeness (QED) is 0.760. The third kappa shape index (κ3) is 2.44. The Morgan fingerprint density at radius 1 is 1.38 bits per heavy atom. The Morgan fingerprint density at radius 3 is 2.69 bits per heavy atom. The third-order valence-corrected chi connectivity index (χ3v) is 3.36. The van der Waals surface area contributed by atoms with Crippen LogP contribution in [0.4, 0.5) is 0 Å². The van der Waals surface area contributed by atoms with Crippen molar-refractivity contribution in [2.24, 2.45) is 7.05 Å². The first-order valence-corrected chi connectivity index (χ1v) is 5.87. The molecule has 0 aliphatic rings. The molecule has 16 heavy (non-hydrogen) atoms. The fourth-order valence-corrected chi connectivity index (χ4v) is 2.20. The summed E-state index contributed by atoms with van der Waals surface area (Å²) < 4.78 is 1.99. The van der Waals surface area contributed by atoms with Gasteiger partial charge in [0.1, 0.15) is 0 Å². The van der Waals surface area contributed by atoms with Crippen LogP contribution in [0.15, 0.2) is 41.8 Å². The highest BCUT2D eigenvalue weighted by Crippen LogP contribution is 2.20. The van der Waals surface area contributed by atoms with Gasteiger partial charge in [-0.3, -0.25) is 0 Å². The van der Waals surface area contributed by atoms with Gasteiger partial charge in [0.15, 0.2) is 5.16 Å². The number of aryl methyl sites for hydroxylation is 1. The molecule has 3 nitrogen and oxygen atoms in total. The van der Waals surface area contributed by atoms with Crippen molar-refractivity contribution in [1.29, 1.82) is 5.26 Å². The molecule has 0 radical (unpaired) electrons. The van der Waals surface area contributed by atoms with E-state index in [0.717, 1.165) is 10.9 Å². The summed E-state index contributed by atoms with van der Waals surface area (Å²) in [6.07, 6.45) is 3.72. The molecule has 0 aliphatic heterocycles. The molecule has 0 saturated heterocycles. The molecule has 0 fully saturated rings. The second-order valence-electron chi connectivity index (χ2n) is 3.42. The maximum absolute atomic E-state index is 8.68. The number of aromatic nitrogens is 2. The van der Waals surface area contributed by atoms with Crippen LogP contribution in [0.2, 0.25) is 0 Å². The Labute approximate surface area is 98.7 Å². The van der Waals surface area contributed by atoms with Crippen molar-refractivity contribution in [3.05, 3.63) is 47.8 Å². The van der Waals surface area contributed by atoms with Crippen LogP contribution in [0, 0.1) is 11.3 Å². The lowest BCUT2D eigenvalue weighted by Crippen LogP contribution is -1.89. The van der Waals surface area contributed by atoms with Gasteiger partial charge in [0.05, 0.1) is 11.6 Å². The van der Waals surface area contributed by atoms with Gasteiger partial charge in [0.2, 0.25) is 0 Å². The Morgan fingerprint density at radius 2 is 2.12 bits per heavy atom. The van der Waals surface area contributed by atoms with Crippen LogP contribution in [-0.2, 0) is 12.8 Å². The van der Waals surface area contributed by atoms with E-state index in [2.05, 4.69) is 11.1 Å². The Hall–Kier alpha value is -1.73. The van der Waals surface area contributed by atoms with Crippen molar-refractivity contribution < 1.29 is 0 Å². The molecular weight excluding hydrogens is 218 g/mol. The van der Waals surface area contributed by atoms with Gasteiger partial charge >= 0.3 is 0 Å². The van der Waals surface area contributed by atoms with E-state index in [-0.39, 0.29) is 0 Å². The van der Waals surface area contributed by atoms with Gasteiger partial charge in [-0.25, -0.2) is 4.98 Å². The topological polar surface area (TPSA) is 41.6 Å². The van der Waals surface area contributed by atoms with E-state index >= 15 is 0 Å². The van der Waals surface area contributed by atoms with Crippen LogP contribution in [0.25, 0.3) is 0 Å². The Bertz CT molecular complexity index is 508. The van der Waals surface area contributed by atoms with E-state index in [1.54, 1.807) is 18.0 Å². The molecule has 0 bridgehead atoms. The molecule has 0 spiro atoms. The summed E-state index contributed by atoms with van der Waals surface area (Å²) in [6.45, 7) is 0. The molecule has 0 amide bonds. The highest BCUT2D eigenvalue weighted by molar-refractivity contribution is 7.98. The molecule has 2 rings (SSSR count). The molecule has 0 saturated carbocycles. The van der Waals surface area contributed by atoms with Crippen molar-refractivity contribution in [2.75, 3.05) is 0 Å². The van der Waals surface area contributed by atoms with E-state index in [1.807, 2.05) is 42.1 Å². The average molecular weight is 229 g/mol. The minimum atomic E-state index is 0.700. The van der Waals surface area contributed by atoms with Gasteiger partial charge in [0.25, 0.3) is 0 Å². The molecule has 0 N–H and O–H groups in total. The van der Waals surface area contributed by atoms with Gasteiger partial charge < -0.3 is 4.57 Å². The molecule has 2 aromatic rings. The second-order valence-corrected chi connectivity index (χ2v) is 4.36. The van der Waals surface area contributed by atoms with Crippen molar-refractivity contribution >= 4 is 11.8 Å². The lowest BCUT2D eigenvalue weighted by Gasteiger charge is -2.01. The van der Waals surface area contributed by atoms with Crippen LogP contribution in [0.1, 0.15) is 11.1 Å². The largest absolute Gasteiger partial charge is 0.329 e. The van der Waals surface area contributed by atoms with Crippen molar-refractivity contribution in [2.45, 2.75) is 10.9 Å². The molecule has 0 unspecified atom stereocenters. The van der Waals surface area contributed by atoms with Crippen LogP contribution >= 0.6 is 11.8 Å².